The summed E-state index contributed by atoms with van der Waals surface area (Å²) < 4.78 is 4.92. The van der Waals surface area contributed by atoms with E-state index in [0.29, 0.717) is 16.9 Å². The van der Waals surface area contributed by atoms with Crippen LogP contribution in [0.1, 0.15) is 62.3 Å². The van der Waals surface area contributed by atoms with Gasteiger partial charge in [0.25, 0.3) is 0 Å². The van der Waals surface area contributed by atoms with E-state index in [2.05, 4.69) is 13.2 Å². The van der Waals surface area contributed by atoms with Crippen LogP contribution < -0.4 is 4.74 Å². The zero-order chi connectivity index (χ0) is 27.4. The monoisotopic (exact) mass is 500 g/mol. The Morgan fingerprint density at radius 2 is 1.09 bits per heavy atom. The Balaban J connectivity index is 0.000000567. The minimum atomic E-state index is -0.514. The summed E-state index contributed by atoms with van der Waals surface area (Å²) >= 11 is 4.71. The molecule has 2 aromatic carbocycles. The Morgan fingerprint density at radius 1 is 0.743 bits per heavy atom. The van der Waals surface area contributed by atoms with E-state index in [1.54, 1.807) is 36.4 Å². The Labute approximate surface area is 212 Å². The molecule has 188 valence electrons. The van der Waals surface area contributed by atoms with E-state index in [1.165, 1.54) is 12.1 Å². The molecule has 7 heteroatoms. The molecule has 1 N–H and O–H groups in total. The standard InChI is InChI=1S/C14H16O3.C11H14O2.C3H3ClO/c1-5-12(15)17-11-8-6-10(7-9-11)13(16)14(2,3)4;1-11(2,3)10(13)8-4-6-9(12)7-5-8;1-2-3(4)5/h5-9H,1H2,2-4H3;4-7,12H,1-3H3;2H,1H2. The first-order chi connectivity index (χ1) is 16.0. The maximum absolute atomic E-state index is 11.9. The summed E-state index contributed by atoms with van der Waals surface area (Å²) in [6.07, 6.45) is 2.13. The lowest BCUT2D eigenvalue weighted by Crippen LogP contribution is -2.20. The van der Waals surface area contributed by atoms with Gasteiger partial charge in [0.1, 0.15) is 11.5 Å². The van der Waals surface area contributed by atoms with Crippen molar-refractivity contribution in [2.45, 2.75) is 41.5 Å². The molecule has 0 saturated heterocycles. The lowest BCUT2D eigenvalue weighted by molar-refractivity contribution is -0.129. The van der Waals surface area contributed by atoms with Crippen molar-refractivity contribution in [3.8, 4) is 11.5 Å². The Bertz CT molecular complexity index is 1040. The van der Waals surface area contributed by atoms with Crippen molar-refractivity contribution in [3.05, 3.63) is 85.0 Å². The normalized spacial score (nSPS) is 10.4. The summed E-state index contributed by atoms with van der Waals surface area (Å²) in [7, 11) is 0. The van der Waals surface area contributed by atoms with E-state index in [4.69, 9.17) is 21.4 Å². The number of hydrogen-bond donors (Lipinski definition) is 1. The van der Waals surface area contributed by atoms with Crippen LogP contribution in [0.15, 0.2) is 73.8 Å². The second kappa shape index (κ2) is 14.0. The van der Waals surface area contributed by atoms with Gasteiger partial charge in [0.2, 0.25) is 5.24 Å². The maximum atomic E-state index is 11.9. The number of esters is 1. The lowest BCUT2D eigenvalue weighted by atomic mass is 9.86. The molecule has 0 bridgehead atoms. The van der Waals surface area contributed by atoms with Crippen LogP contribution in [0, 0.1) is 10.8 Å². The van der Waals surface area contributed by atoms with Crippen molar-refractivity contribution in [2.75, 3.05) is 0 Å². The van der Waals surface area contributed by atoms with Crippen molar-refractivity contribution in [1.82, 2.24) is 0 Å². The van der Waals surface area contributed by atoms with Gasteiger partial charge in [0, 0.05) is 28.0 Å². The van der Waals surface area contributed by atoms with Gasteiger partial charge in [-0.05, 0) is 66.2 Å². The van der Waals surface area contributed by atoms with E-state index in [0.717, 1.165) is 12.2 Å². The van der Waals surface area contributed by atoms with Crippen LogP contribution in [0.3, 0.4) is 0 Å². The number of benzene rings is 2. The quantitative estimate of drug-likeness (QED) is 0.164. The average Bonchev–Trinajstić information content (AvgIpc) is 2.78. The largest absolute Gasteiger partial charge is 0.508 e. The number of ketones is 2. The highest BCUT2D eigenvalue weighted by molar-refractivity contribution is 6.66. The number of phenols is 1. The predicted octanol–water partition coefficient (Wildman–Crippen LogP) is 6.57. The SMILES string of the molecule is C=CC(=O)Cl.C=CC(=O)Oc1ccc(C(=O)C(C)(C)C)cc1.CC(C)(C)C(=O)c1ccc(O)cc1. The highest BCUT2D eigenvalue weighted by atomic mass is 35.5. The third-order valence-electron chi connectivity index (χ3n) is 4.15. The molecule has 0 aliphatic rings. The third-order valence-corrected chi connectivity index (χ3v) is 4.31. The number of carbonyl (C=O) groups excluding carboxylic acids is 4. The molecule has 6 nitrogen and oxygen atoms in total. The van der Waals surface area contributed by atoms with E-state index in [-0.39, 0.29) is 22.7 Å². The van der Waals surface area contributed by atoms with Gasteiger partial charge in [-0.25, -0.2) is 4.79 Å². The highest BCUT2D eigenvalue weighted by Gasteiger charge is 2.23. The number of aromatic hydroxyl groups is 1. The molecule has 0 aliphatic carbocycles. The summed E-state index contributed by atoms with van der Waals surface area (Å²) in [5.41, 5.74) is 0.470. The number of allylic oxidation sites excluding steroid dienone is 1. The van der Waals surface area contributed by atoms with Gasteiger partial charge in [-0.3, -0.25) is 14.4 Å². The van der Waals surface area contributed by atoms with Crippen LogP contribution in [0.5, 0.6) is 11.5 Å². The van der Waals surface area contributed by atoms with Gasteiger partial charge >= 0.3 is 5.97 Å². The Morgan fingerprint density at radius 3 is 1.37 bits per heavy atom. The van der Waals surface area contributed by atoms with Crippen molar-refractivity contribution >= 4 is 34.4 Å². The van der Waals surface area contributed by atoms with Crippen LogP contribution in [-0.4, -0.2) is 27.9 Å². The smallest absolute Gasteiger partial charge is 0.335 e. The zero-order valence-electron chi connectivity index (χ0n) is 21.1. The maximum Gasteiger partial charge on any atom is 0.335 e. The lowest BCUT2D eigenvalue weighted by Gasteiger charge is -2.16. The number of halogens is 1. The minimum absolute atomic E-state index is 0.0547. The zero-order valence-corrected chi connectivity index (χ0v) is 21.8. The van der Waals surface area contributed by atoms with E-state index in [9.17, 15) is 19.2 Å². The second-order valence-electron chi connectivity index (χ2n) is 9.36. The number of phenolic OH excluding ortho intramolecular Hbond substituents is 1. The van der Waals surface area contributed by atoms with Gasteiger partial charge in [-0.1, -0.05) is 54.7 Å². The van der Waals surface area contributed by atoms with Crippen LogP contribution in [-0.2, 0) is 9.59 Å². The molecule has 0 heterocycles. The van der Waals surface area contributed by atoms with Crippen LogP contribution in [0.25, 0.3) is 0 Å². The highest BCUT2D eigenvalue weighted by Crippen LogP contribution is 2.23. The third kappa shape index (κ3) is 12.5. The molecule has 2 rings (SSSR count). The molecule has 0 spiro atoms. The topological polar surface area (TPSA) is 97.7 Å². The van der Waals surface area contributed by atoms with E-state index >= 15 is 0 Å². The summed E-state index contributed by atoms with van der Waals surface area (Å²) in [6, 6.07) is 12.8. The minimum Gasteiger partial charge on any atom is -0.508 e. The predicted molar refractivity (Wildman–Crippen MR) is 139 cm³/mol. The van der Waals surface area contributed by atoms with Crippen LogP contribution in [0.4, 0.5) is 0 Å². The first kappa shape index (κ1) is 31.5. The molecule has 0 aromatic heterocycles. The first-order valence-corrected chi connectivity index (χ1v) is 11.1. The van der Waals surface area contributed by atoms with Gasteiger partial charge < -0.3 is 9.84 Å². The van der Waals surface area contributed by atoms with Gasteiger partial charge in [0.15, 0.2) is 11.6 Å². The van der Waals surface area contributed by atoms with Crippen molar-refractivity contribution in [1.29, 1.82) is 0 Å². The van der Waals surface area contributed by atoms with Crippen LogP contribution in [0.2, 0.25) is 0 Å². The summed E-state index contributed by atoms with van der Waals surface area (Å²) in [5.74, 6) is 0.220. The molecule has 35 heavy (non-hydrogen) atoms. The van der Waals surface area contributed by atoms with Crippen molar-refractivity contribution in [2.24, 2.45) is 10.8 Å². The molecule has 0 amide bonds. The molecule has 0 atom stereocenters. The summed E-state index contributed by atoms with van der Waals surface area (Å²) in [5, 5.41) is 8.52. The molecule has 2 aromatic rings. The fourth-order valence-corrected chi connectivity index (χ4v) is 2.31. The Kier molecular flexibility index (Phi) is 12.6. The number of ether oxygens (including phenoxy) is 1. The molecule has 0 unspecified atom stereocenters. The van der Waals surface area contributed by atoms with Crippen LogP contribution >= 0.6 is 11.6 Å². The van der Waals surface area contributed by atoms with E-state index in [1.807, 2.05) is 41.5 Å². The molecular weight excluding hydrogens is 468 g/mol. The fraction of sp³-hybridized carbons (Fsp3) is 0.286. The molecule has 0 radical (unpaired) electrons. The first-order valence-electron chi connectivity index (χ1n) is 10.7. The van der Waals surface area contributed by atoms with Gasteiger partial charge in [-0.2, -0.15) is 0 Å². The fourth-order valence-electron chi connectivity index (χ4n) is 2.31. The van der Waals surface area contributed by atoms with E-state index < -0.39 is 16.6 Å². The number of carbonyl (C=O) groups is 4. The molecular formula is C28H33ClO6. The van der Waals surface area contributed by atoms with Gasteiger partial charge in [-0.15, -0.1) is 0 Å². The summed E-state index contributed by atoms with van der Waals surface area (Å²) in [4.78, 5) is 44.0. The molecule has 0 aliphatic heterocycles. The Hall–Kier alpha value is -3.51. The van der Waals surface area contributed by atoms with Gasteiger partial charge in [0.05, 0.1) is 0 Å². The number of hydrogen-bond acceptors (Lipinski definition) is 6. The van der Waals surface area contributed by atoms with Crippen molar-refractivity contribution in [3.63, 3.8) is 0 Å². The second-order valence-corrected chi connectivity index (χ2v) is 9.74. The summed E-state index contributed by atoms with van der Waals surface area (Å²) in [6.45, 7) is 17.6. The van der Waals surface area contributed by atoms with Crippen molar-refractivity contribution < 1.29 is 29.0 Å². The molecule has 0 saturated carbocycles. The number of rotatable bonds is 5. The number of Topliss-reactive ketones (excluding diaryl/α,β-unsaturated/α-hetero) is 2. The molecule has 0 fully saturated rings. The average molecular weight is 501 g/mol.